The number of imidazole rings is 1. The van der Waals surface area contributed by atoms with Crippen molar-refractivity contribution in [1.29, 1.82) is 0 Å². The van der Waals surface area contributed by atoms with Crippen LogP contribution < -0.4 is 0 Å². The number of hydrogen-bond donors (Lipinski definition) is 1. The Labute approximate surface area is 131 Å². The molecular formula is C16H23N5O. The Kier molecular flexibility index (Phi) is 5.13. The third kappa shape index (κ3) is 3.90. The molecule has 3 rings (SSSR count). The molecule has 0 saturated carbocycles. The molecular weight excluding hydrogens is 278 g/mol. The van der Waals surface area contributed by atoms with E-state index in [1.807, 2.05) is 6.20 Å². The SMILES string of the molecule is CCCCc1ncc(CN2CCO[C@H](c3cnccn3)C2)[nH]1. The molecule has 6 heteroatoms. The highest BCUT2D eigenvalue weighted by Gasteiger charge is 2.23. The zero-order valence-electron chi connectivity index (χ0n) is 13.0. The van der Waals surface area contributed by atoms with Gasteiger partial charge < -0.3 is 9.72 Å². The number of H-pyrrole nitrogens is 1. The quantitative estimate of drug-likeness (QED) is 0.885. The van der Waals surface area contributed by atoms with Gasteiger partial charge in [0.2, 0.25) is 0 Å². The van der Waals surface area contributed by atoms with Crippen LogP contribution in [0.4, 0.5) is 0 Å². The van der Waals surface area contributed by atoms with Crippen molar-refractivity contribution in [3.8, 4) is 0 Å². The van der Waals surface area contributed by atoms with E-state index >= 15 is 0 Å². The number of rotatable bonds is 6. The summed E-state index contributed by atoms with van der Waals surface area (Å²) in [6.45, 7) is 5.56. The van der Waals surface area contributed by atoms with Crippen molar-refractivity contribution in [1.82, 2.24) is 24.8 Å². The predicted octanol–water partition coefficient (Wildman–Crippen LogP) is 2.12. The van der Waals surface area contributed by atoms with Gasteiger partial charge in [-0.3, -0.25) is 14.9 Å². The summed E-state index contributed by atoms with van der Waals surface area (Å²) in [7, 11) is 0. The predicted molar refractivity (Wildman–Crippen MR) is 83.2 cm³/mol. The number of aryl methyl sites for hydroxylation is 1. The van der Waals surface area contributed by atoms with Crippen molar-refractivity contribution < 1.29 is 4.74 Å². The highest BCUT2D eigenvalue weighted by molar-refractivity contribution is 5.04. The molecule has 118 valence electrons. The Morgan fingerprint density at radius 2 is 2.27 bits per heavy atom. The molecule has 1 aliphatic heterocycles. The van der Waals surface area contributed by atoms with Crippen LogP contribution in [0.1, 0.15) is 43.1 Å². The maximum absolute atomic E-state index is 5.82. The van der Waals surface area contributed by atoms with E-state index in [0.29, 0.717) is 0 Å². The number of hydrogen-bond acceptors (Lipinski definition) is 5. The Balaban J connectivity index is 1.57. The minimum atomic E-state index is 0.00457. The first-order chi connectivity index (χ1) is 10.8. The number of aromatic amines is 1. The van der Waals surface area contributed by atoms with Crippen LogP contribution in [-0.2, 0) is 17.7 Å². The molecule has 1 fully saturated rings. The average Bonchev–Trinajstić information content (AvgIpc) is 3.01. The van der Waals surface area contributed by atoms with E-state index in [0.717, 1.165) is 44.2 Å². The lowest BCUT2D eigenvalue weighted by atomic mass is 10.2. The third-order valence-electron chi connectivity index (χ3n) is 3.91. The van der Waals surface area contributed by atoms with Crippen LogP contribution in [-0.4, -0.2) is 44.5 Å². The molecule has 2 aromatic rings. The monoisotopic (exact) mass is 301 g/mol. The summed E-state index contributed by atoms with van der Waals surface area (Å²) in [4.78, 5) is 18.7. The first-order valence-corrected chi connectivity index (χ1v) is 7.97. The van der Waals surface area contributed by atoms with Gasteiger partial charge in [0.1, 0.15) is 11.9 Å². The molecule has 1 aliphatic rings. The van der Waals surface area contributed by atoms with E-state index < -0.39 is 0 Å². The normalized spacial score (nSPS) is 19.4. The van der Waals surface area contributed by atoms with E-state index in [4.69, 9.17) is 4.74 Å². The van der Waals surface area contributed by atoms with Crippen LogP contribution in [0.2, 0.25) is 0 Å². The Hall–Kier alpha value is -1.79. The molecule has 1 N–H and O–H groups in total. The summed E-state index contributed by atoms with van der Waals surface area (Å²) < 4.78 is 5.82. The van der Waals surface area contributed by atoms with Gasteiger partial charge in [0, 0.05) is 50.3 Å². The Morgan fingerprint density at radius 3 is 3.09 bits per heavy atom. The summed E-state index contributed by atoms with van der Waals surface area (Å²) in [6.07, 6.45) is 10.6. The molecule has 6 nitrogen and oxygen atoms in total. The topological polar surface area (TPSA) is 66.9 Å². The minimum absolute atomic E-state index is 0.00457. The average molecular weight is 301 g/mol. The van der Waals surface area contributed by atoms with Gasteiger partial charge in [-0.1, -0.05) is 13.3 Å². The van der Waals surface area contributed by atoms with Gasteiger partial charge >= 0.3 is 0 Å². The maximum atomic E-state index is 5.82. The van der Waals surface area contributed by atoms with Crippen molar-refractivity contribution in [2.24, 2.45) is 0 Å². The molecule has 2 aromatic heterocycles. The first-order valence-electron chi connectivity index (χ1n) is 7.97. The summed E-state index contributed by atoms with van der Waals surface area (Å²) in [6, 6.07) is 0. The molecule has 0 radical (unpaired) electrons. The van der Waals surface area contributed by atoms with Gasteiger partial charge in [0.25, 0.3) is 0 Å². The van der Waals surface area contributed by atoms with Gasteiger partial charge in [-0.15, -0.1) is 0 Å². The van der Waals surface area contributed by atoms with E-state index in [2.05, 4.69) is 31.8 Å². The fourth-order valence-corrected chi connectivity index (χ4v) is 2.70. The molecule has 3 heterocycles. The molecule has 0 aromatic carbocycles. The van der Waals surface area contributed by atoms with Crippen LogP contribution in [0, 0.1) is 0 Å². The van der Waals surface area contributed by atoms with Crippen molar-refractivity contribution in [2.45, 2.75) is 38.8 Å². The summed E-state index contributed by atoms with van der Waals surface area (Å²) in [5.41, 5.74) is 2.08. The number of nitrogens with one attached hydrogen (secondary N) is 1. The lowest BCUT2D eigenvalue weighted by molar-refractivity contribution is -0.0354. The standard InChI is InChI=1S/C16H23N5O/c1-2-3-4-16-19-9-13(20-16)11-21-7-8-22-15(12-21)14-10-17-5-6-18-14/h5-6,9-10,15H,2-4,7-8,11-12H2,1H3,(H,19,20)/t15-/m0/s1. The van der Waals surface area contributed by atoms with Crippen LogP contribution in [0.15, 0.2) is 24.8 Å². The summed E-state index contributed by atoms with van der Waals surface area (Å²) >= 11 is 0. The number of unbranched alkanes of at least 4 members (excludes halogenated alkanes) is 1. The van der Waals surface area contributed by atoms with Gasteiger partial charge in [-0.2, -0.15) is 0 Å². The lowest BCUT2D eigenvalue weighted by Crippen LogP contribution is -2.38. The van der Waals surface area contributed by atoms with Crippen LogP contribution in [0.3, 0.4) is 0 Å². The number of aromatic nitrogens is 4. The fourth-order valence-electron chi connectivity index (χ4n) is 2.70. The van der Waals surface area contributed by atoms with Gasteiger partial charge in [-0.05, 0) is 6.42 Å². The highest BCUT2D eigenvalue weighted by Crippen LogP contribution is 2.20. The molecule has 1 saturated heterocycles. The molecule has 1 atom stereocenters. The molecule has 22 heavy (non-hydrogen) atoms. The second-order valence-corrected chi connectivity index (χ2v) is 5.68. The van der Waals surface area contributed by atoms with Gasteiger partial charge in [0.05, 0.1) is 18.5 Å². The number of morpholine rings is 1. The smallest absolute Gasteiger partial charge is 0.114 e. The molecule has 0 bridgehead atoms. The first kappa shape index (κ1) is 15.1. The van der Waals surface area contributed by atoms with Crippen molar-refractivity contribution in [2.75, 3.05) is 19.7 Å². The van der Waals surface area contributed by atoms with Gasteiger partial charge in [0.15, 0.2) is 0 Å². The number of ether oxygens (including phenoxy) is 1. The van der Waals surface area contributed by atoms with E-state index in [-0.39, 0.29) is 6.10 Å². The largest absolute Gasteiger partial charge is 0.369 e. The third-order valence-corrected chi connectivity index (χ3v) is 3.91. The second-order valence-electron chi connectivity index (χ2n) is 5.68. The molecule has 0 amide bonds. The second kappa shape index (κ2) is 7.47. The maximum Gasteiger partial charge on any atom is 0.114 e. The van der Waals surface area contributed by atoms with Crippen LogP contribution in [0.25, 0.3) is 0 Å². The minimum Gasteiger partial charge on any atom is -0.369 e. The summed E-state index contributed by atoms with van der Waals surface area (Å²) in [5, 5.41) is 0. The summed E-state index contributed by atoms with van der Waals surface area (Å²) in [5.74, 6) is 1.09. The van der Waals surface area contributed by atoms with Crippen LogP contribution >= 0.6 is 0 Å². The van der Waals surface area contributed by atoms with E-state index in [9.17, 15) is 0 Å². The zero-order chi connectivity index (χ0) is 15.2. The fraction of sp³-hybridized carbons (Fsp3) is 0.562. The van der Waals surface area contributed by atoms with Crippen molar-refractivity contribution in [3.63, 3.8) is 0 Å². The molecule has 0 spiro atoms. The zero-order valence-corrected chi connectivity index (χ0v) is 13.0. The Bertz CT molecular complexity index is 571. The number of nitrogens with zero attached hydrogens (tertiary/aromatic N) is 4. The van der Waals surface area contributed by atoms with Crippen LogP contribution in [0.5, 0.6) is 0 Å². The highest BCUT2D eigenvalue weighted by atomic mass is 16.5. The molecule has 0 aliphatic carbocycles. The lowest BCUT2D eigenvalue weighted by Gasteiger charge is -2.32. The van der Waals surface area contributed by atoms with E-state index in [1.54, 1.807) is 18.6 Å². The van der Waals surface area contributed by atoms with Crippen molar-refractivity contribution >= 4 is 0 Å². The molecule has 0 unspecified atom stereocenters. The van der Waals surface area contributed by atoms with Crippen molar-refractivity contribution in [3.05, 3.63) is 42.0 Å². The van der Waals surface area contributed by atoms with E-state index in [1.165, 1.54) is 18.5 Å². The Morgan fingerprint density at radius 1 is 1.32 bits per heavy atom. The van der Waals surface area contributed by atoms with Gasteiger partial charge in [-0.25, -0.2) is 4.98 Å².